The highest BCUT2D eigenvalue weighted by atomic mass is 31.2. The van der Waals surface area contributed by atoms with Gasteiger partial charge in [-0.15, -0.1) is 0 Å². The van der Waals surface area contributed by atoms with Crippen molar-refractivity contribution in [1.82, 2.24) is 14.9 Å². The molecule has 4 aromatic rings. The minimum Gasteiger partial charge on any atom is -0.489 e. The van der Waals surface area contributed by atoms with Crippen LogP contribution in [-0.4, -0.2) is 52.4 Å². The number of likely N-dealkylation sites (tertiary alicyclic amines) is 1. The van der Waals surface area contributed by atoms with E-state index in [-0.39, 0.29) is 6.10 Å². The number of hydrogen-bond acceptors (Lipinski definition) is 5. The Balaban J connectivity index is 1.17. The van der Waals surface area contributed by atoms with Crippen LogP contribution in [0.3, 0.4) is 0 Å². The number of aromatic amines is 1. The highest BCUT2D eigenvalue weighted by Gasteiger charge is 2.52. The Hall–Kier alpha value is -3.08. The number of H-pyrrole nitrogens is 1. The third kappa shape index (κ3) is 4.36. The number of fused-ring (bicyclic) bond motifs is 1. The fourth-order valence-electron chi connectivity index (χ4n) is 5.82. The van der Waals surface area contributed by atoms with Crippen LogP contribution in [0.2, 0.25) is 0 Å². The van der Waals surface area contributed by atoms with Gasteiger partial charge in [0.15, 0.2) is 0 Å². The van der Waals surface area contributed by atoms with Crippen LogP contribution in [0.5, 0.6) is 5.75 Å². The van der Waals surface area contributed by atoms with Gasteiger partial charge in [0, 0.05) is 52.7 Å². The number of rotatable bonds is 8. The molecule has 0 radical (unpaired) electrons. The maximum absolute atomic E-state index is 14.3. The van der Waals surface area contributed by atoms with Gasteiger partial charge >= 0.3 is 0 Å². The summed E-state index contributed by atoms with van der Waals surface area (Å²) in [7, 11) is -0.255. The summed E-state index contributed by atoms with van der Waals surface area (Å²) in [6, 6.07) is 20.7. The van der Waals surface area contributed by atoms with Crippen molar-refractivity contribution in [2.24, 2.45) is 0 Å². The average molecular weight is 513 g/mol. The second-order valence-corrected chi connectivity index (χ2v) is 14.3. The molecule has 3 heterocycles. The number of nitrogens with one attached hydrogen (secondary N) is 2. The second kappa shape index (κ2) is 9.04. The van der Waals surface area contributed by atoms with Crippen LogP contribution in [0.25, 0.3) is 22.3 Å². The SMILES string of the molecule is CN1CC[C@@H](Oc2ccc(-c3cc4c(Nc5ccccc5P(=O)(C5CC5)C5CC5)ccnc4[nH]3)cc2)C1. The molecule has 1 aliphatic heterocycles. The number of nitrogens with zero attached hydrogens (tertiary/aromatic N) is 2. The van der Waals surface area contributed by atoms with E-state index in [1.54, 1.807) is 0 Å². The van der Waals surface area contributed by atoms with Crippen molar-refractivity contribution < 1.29 is 9.30 Å². The zero-order valence-corrected chi connectivity index (χ0v) is 22.1. The summed E-state index contributed by atoms with van der Waals surface area (Å²) in [6.45, 7) is 2.06. The number of aromatic nitrogens is 2. The zero-order valence-electron chi connectivity index (χ0n) is 21.2. The minimum atomic E-state index is -2.39. The molecule has 0 unspecified atom stereocenters. The lowest BCUT2D eigenvalue weighted by Gasteiger charge is -2.22. The van der Waals surface area contributed by atoms with Crippen LogP contribution in [0, 0.1) is 0 Å². The molecule has 190 valence electrons. The summed E-state index contributed by atoms with van der Waals surface area (Å²) in [5.41, 5.74) is 5.63. The van der Waals surface area contributed by atoms with Crippen LogP contribution >= 0.6 is 7.14 Å². The van der Waals surface area contributed by atoms with Gasteiger partial charge in [0.1, 0.15) is 24.6 Å². The third-order valence-corrected chi connectivity index (χ3v) is 12.4. The van der Waals surface area contributed by atoms with Crippen LogP contribution in [0.1, 0.15) is 32.1 Å². The van der Waals surface area contributed by atoms with E-state index >= 15 is 0 Å². The molecule has 3 aliphatic rings. The van der Waals surface area contributed by atoms with Crippen molar-refractivity contribution in [2.75, 3.05) is 25.5 Å². The molecular formula is C30H33N4O2P. The lowest BCUT2D eigenvalue weighted by Crippen LogP contribution is -2.21. The molecule has 0 spiro atoms. The highest BCUT2D eigenvalue weighted by Crippen LogP contribution is 2.70. The first kappa shape index (κ1) is 23.1. The van der Waals surface area contributed by atoms with Crippen molar-refractivity contribution in [3.8, 4) is 17.0 Å². The Morgan fingerprint density at radius 2 is 1.73 bits per heavy atom. The topological polar surface area (TPSA) is 70.2 Å². The van der Waals surface area contributed by atoms with Crippen molar-refractivity contribution in [2.45, 2.75) is 49.5 Å². The first-order valence-corrected chi connectivity index (χ1v) is 15.3. The normalized spacial score (nSPS) is 20.4. The van der Waals surface area contributed by atoms with Crippen LogP contribution in [-0.2, 0) is 4.57 Å². The summed E-state index contributed by atoms with van der Waals surface area (Å²) in [6.07, 6.45) is 7.56. The van der Waals surface area contributed by atoms with Crippen LogP contribution in [0.4, 0.5) is 11.4 Å². The van der Waals surface area contributed by atoms with Gasteiger partial charge in [-0.1, -0.05) is 12.1 Å². The van der Waals surface area contributed by atoms with E-state index in [1.807, 2.05) is 24.4 Å². The molecule has 37 heavy (non-hydrogen) atoms. The van der Waals surface area contributed by atoms with E-state index in [0.29, 0.717) is 11.3 Å². The fraction of sp³-hybridized carbons (Fsp3) is 0.367. The average Bonchev–Trinajstić information content (AvgIpc) is 3.85. The molecule has 7 rings (SSSR count). The molecule has 0 bridgehead atoms. The number of para-hydroxylation sites is 1. The first-order chi connectivity index (χ1) is 18.1. The monoisotopic (exact) mass is 512 g/mol. The predicted octanol–water partition coefficient (Wildman–Crippen LogP) is 6.37. The van der Waals surface area contributed by atoms with Crippen molar-refractivity contribution in [1.29, 1.82) is 0 Å². The minimum absolute atomic E-state index is 0.264. The van der Waals surface area contributed by atoms with Gasteiger partial charge in [-0.3, -0.25) is 0 Å². The lowest BCUT2D eigenvalue weighted by molar-refractivity contribution is 0.208. The summed E-state index contributed by atoms with van der Waals surface area (Å²) in [5.74, 6) is 0.910. The maximum atomic E-state index is 14.3. The smallest absolute Gasteiger partial charge is 0.139 e. The largest absolute Gasteiger partial charge is 0.489 e. The van der Waals surface area contributed by atoms with E-state index in [1.165, 1.54) is 0 Å². The van der Waals surface area contributed by atoms with Gasteiger partial charge < -0.3 is 24.5 Å². The van der Waals surface area contributed by atoms with Crippen LogP contribution < -0.4 is 15.4 Å². The molecule has 1 saturated heterocycles. The Kier molecular flexibility index (Phi) is 5.63. The van der Waals surface area contributed by atoms with Gasteiger partial charge in [0.25, 0.3) is 0 Å². The molecular weight excluding hydrogens is 479 g/mol. The number of benzene rings is 2. The Morgan fingerprint density at radius 1 is 0.973 bits per heavy atom. The lowest BCUT2D eigenvalue weighted by atomic mass is 10.1. The fourth-order valence-corrected chi connectivity index (χ4v) is 9.87. The van der Waals surface area contributed by atoms with E-state index in [4.69, 9.17) is 4.74 Å². The number of ether oxygens (including phenoxy) is 1. The summed E-state index contributed by atoms with van der Waals surface area (Å²) < 4.78 is 20.4. The van der Waals surface area contributed by atoms with Gasteiger partial charge in [-0.25, -0.2) is 4.98 Å². The molecule has 3 fully saturated rings. The summed E-state index contributed by atoms with van der Waals surface area (Å²) in [4.78, 5) is 10.4. The molecule has 2 N–H and O–H groups in total. The molecule has 7 heteroatoms. The van der Waals surface area contributed by atoms with Crippen molar-refractivity contribution in [3.63, 3.8) is 0 Å². The van der Waals surface area contributed by atoms with Crippen LogP contribution in [0.15, 0.2) is 66.9 Å². The molecule has 2 aromatic heterocycles. The third-order valence-electron chi connectivity index (χ3n) is 8.08. The zero-order chi connectivity index (χ0) is 25.0. The van der Waals surface area contributed by atoms with E-state index in [2.05, 4.69) is 69.7 Å². The summed E-state index contributed by atoms with van der Waals surface area (Å²) in [5, 5.41) is 5.70. The standard InChI is InChI=1S/C30H33N4O2P/c1-34-17-15-22(19-34)36-21-8-6-20(7-9-21)28-18-25-26(14-16-31-30(25)33-28)32-27-4-2-3-5-29(27)37(35,23-10-11-23)24-12-13-24/h2-9,14,16,18,22-24H,10-13,15,17,19H2,1H3,(H2,31,32,33)/t22-/m1/s1. The number of hydrogen-bond donors (Lipinski definition) is 2. The number of pyridine rings is 1. The molecule has 6 nitrogen and oxygen atoms in total. The van der Waals surface area contributed by atoms with E-state index in [9.17, 15) is 4.57 Å². The Labute approximate surface area is 217 Å². The number of likely N-dealkylation sites (N-methyl/N-ethyl adjacent to an activating group) is 1. The quantitative estimate of drug-likeness (QED) is 0.269. The van der Waals surface area contributed by atoms with Gasteiger partial charge in [0.2, 0.25) is 0 Å². The van der Waals surface area contributed by atoms with Gasteiger partial charge in [0.05, 0.1) is 5.69 Å². The second-order valence-electron chi connectivity index (χ2n) is 10.9. The van der Waals surface area contributed by atoms with Gasteiger partial charge in [-0.2, -0.15) is 0 Å². The van der Waals surface area contributed by atoms with Crippen molar-refractivity contribution >= 4 is 34.9 Å². The molecule has 0 amide bonds. The van der Waals surface area contributed by atoms with Crippen molar-refractivity contribution in [3.05, 3.63) is 66.9 Å². The van der Waals surface area contributed by atoms with E-state index < -0.39 is 7.14 Å². The molecule has 2 saturated carbocycles. The summed E-state index contributed by atoms with van der Waals surface area (Å²) >= 11 is 0. The molecule has 1 atom stereocenters. The molecule has 2 aliphatic carbocycles. The maximum Gasteiger partial charge on any atom is 0.139 e. The van der Waals surface area contributed by atoms with Gasteiger partial charge in [-0.05, 0) is 93.2 Å². The highest BCUT2D eigenvalue weighted by molar-refractivity contribution is 7.73. The molecule has 2 aromatic carbocycles. The number of anilines is 2. The Bertz CT molecular complexity index is 1470. The van der Waals surface area contributed by atoms with E-state index in [0.717, 1.165) is 89.9 Å². The first-order valence-electron chi connectivity index (χ1n) is 13.5. The Morgan fingerprint density at radius 3 is 2.43 bits per heavy atom. The predicted molar refractivity (Wildman–Crippen MR) is 151 cm³/mol.